The zero-order valence-corrected chi connectivity index (χ0v) is 18.2. The first-order chi connectivity index (χ1) is 15.0. The molecule has 0 saturated carbocycles. The fraction of sp³-hybridized carbons (Fsp3) is 0.136. The average molecular weight is 455 g/mol. The van der Waals surface area contributed by atoms with Crippen molar-refractivity contribution >= 4 is 46.2 Å². The first kappa shape index (κ1) is 21.1. The lowest BCUT2D eigenvalue weighted by atomic mass is 9.98. The van der Waals surface area contributed by atoms with Crippen LogP contribution in [0, 0.1) is 0 Å². The van der Waals surface area contributed by atoms with Crippen molar-refractivity contribution in [3.05, 3.63) is 88.6 Å². The molecule has 9 heteroatoms. The van der Waals surface area contributed by atoms with E-state index in [0.29, 0.717) is 21.4 Å². The summed E-state index contributed by atoms with van der Waals surface area (Å²) in [6.07, 6.45) is 5.32. The summed E-state index contributed by atoms with van der Waals surface area (Å²) in [5, 5.41) is 8.42. The largest absolute Gasteiger partial charge is 0.323 e. The van der Waals surface area contributed by atoms with Crippen LogP contribution in [0.4, 0.5) is 16.2 Å². The van der Waals surface area contributed by atoms with Gasteiger partial charge in [0, 0.05) is 35.9 Å². The summed E-state index contributed by atoms with van der Waals surface area (Å²) in [5.74, 6) is 0. The molecular formula is C22H20Cl2N6O. The predicted molar refractivity (Wildman–Crippen MR) is 124 cm³/mol. The number of aromatic nitrogens is 2. The number of hydrogen-bond acceptors (Lipinski definition) is 5. The maximum absolute atomic E-state index is 12.4. The Balaban J connectivity index is 1.53. The van der Waals surface area contributed by atoms with Crippen LogP contribution in [0.3, 0.4) is 0 Å². The summed E-state index contributed by atoms with van der Waals surface area (Å²) in [6.45, 7) is 2.86. The first-order valence-corrected chi connectivity index (χ1v) is 10.4. The summed E-state index contributed by atoms with van der Waals surface area (Å²) >= 11 is 11.9. The Morgan fingerprint density at radius 2 is 1.90 bits per heavy atom. The van der Waals surface area contributed by atoms with Gasteiger partial charge in [-0.05, 0) is 48.9 Å². The highest BCUT2D eigenvalue weighted by atomic mass is 35.5. The molecule has 7 nitrogen and oxygen atoms in total. The van der Waals surface area contributed by atoms with E-state index in [9.17, 15) is 4.79 Å². The monoisotopic (exact) mass is 454 g/mol. The van der Waals surface area contributed by atoms with E-state index in [2.05, 4.69) is 39.2 Å². The van der Waals surface area contributed by atoms with Gasteiger partial charge in [-0.15, -0.1) is 0 Å². The molecule has 4 rings (SSSR count). The van der Waals surface area contributed by atoms with E-state index >= 15 is 0 Å². The zero-order chi connectivity index (χ0) is 21.8. The van der Waals surface area contributed by atoms with Crippen molar-refractivity contribution < 1.29 is 4.79 Å². The molecular weight excluding hydrogens is 435 g/mol. The number of hydrazine groups is 1. The Labute approximate surface area is 190 Å². The van der Waals surface area contributed by atoms with E-state index in [0.717, 1.165) is 23.4 Å². The van der Waals surface area contributed by atoms with E-state index in [1.165, 1.54) is 6.33 Å². The smallest absolute Gasteiger partial charge is 0.315 e. The van der Waals surface area contributed by atoms with Gasteiger partial charge in [0.15, 0.2) is 0 Å². The van der Waals surface area contributed by atoms with Gasteiger partial charge in [-0.1, -0.05) is 35.3 Å². The van der Waals surface area contributed by atoms with Crippen LogP contribution < -0.4 is 16.1 Å². The molecule has 2 aromatic carbocycles. The summed E-state index contributed by atoms with van der Waals surface area (Å²) in [5.41, 5.74) is 7.53. The van der Waals surface area contributed by atoms with Crippen LogP contribution in [-0.2, 0) is 0 Å². The van der Waals surface area contributed by atoms with Crippen molar-refractivity contribution in [3.8, 4) is 0 Å². The van der Waals surface area contributed by atoms with Crippen LogP contribution in [0.5, 0.6) is 0 Å². The molecule has 0 spiro atoms. The molecule has 158 valence electrons. The molecule has 1 aromatic heterocycles. The second-order valence-corrected chi connectivity index (χ2v) is 7.67. The number of hydrogen-bond donors (Lipinski definition) is 3. The molecule has 0 radical (unpaired) electrons. The molecule has 1 aliphatic heterocycles. The predicted octanol–water partition coefficient (Wildman–Crippen LogP) is 5.35. The van der Waals surface area contributed by atoms with Gasteiger partial charge in [-0.3, -0.25) is 0 Å². The van der Waals surface area contributed by atoms with Crippen molar-refractivity contribution in [2.45, 2.75) is 13.0 Å². The number of halogens is 2. The molecule has 3 aromatic rings. The van der Waals surface area contributed by atoms with E-state index in [1.807, 2.05) is 35.3 Å². The molecule has 3 N–H and O–H groups in total. The number of carbonyl (C=O) groups excluding carboxylic acids is 1. The van der Waals surface area contributed by atoms with E-state index < -0.39 is 0 Å². The Kier molecular flexibility index (Phi) is 6.36. The van der Waals surface area contributed by atoms with Crippen molar-refractivity contribution in [2.24, 2.45) is 0 Å². The molecule has 1 aliphatic rings. The van der Waals surface area contributed by atoms with Gasteiger partial charge < -0.3 is 15.6 Å². The van der Waals surface area contributed by atoms with Gasteiger partial charge in [0.2, 0.25) is 0 Å². The highest BCUT2D eigenvalue weighted by Crippen LogP contribution is 2.34. The van der Waals surface area contributed by atoms with Crippen LogP contribution in [0.1, 0.15) is 24.2 Å². The Hall–Kier alpha value is -3.13. The first-order valence-electron chi connectivity index (χ1n) is 9.67. The molecule has 0 saturated heterocycles. The number of rotatable bonds is 5. The second kappa shape index (κ2) is 9.34. The second-order valence-electron chi connectivity index (χ2n) is 6.86. The van der Waals surface area contributed by atoms with Crippen molar-refractivity contribution in [1.29, 1.82) is 0 Å². The van der Waals surface area contributed by atoms with Crippen LogP contribution in [-0.4, -0.2) is 27.6 Å². The van der Waals surface area contributed by atoms with Crippen LogP contribution in [0.2, 0.25) is 10.0 Å². The minimum Gasteiger partial charge on any atom is -0.315 e. The maximum Gasteiger partial charge on any atom is 0.323 e. The molecule has 0 fully saturated rings. The lowest BCUT2D eigenvalue weighted by molar-refractivity contribution is 0.262. The van der Waals surface area contributed by atoms with Crippen molar-refractivity contribution in [2.75, 3.05) is 17.2 Å². The number of nitrogens with zero attached hydrogens (tertiary/aromatic N) is 3. The number of nitrogens with one attached hydrogen (secondary N) is 3. The Morgan fingerprint density at radius 1 is 1.10 bits per heavy atom. The van der Waals surface area contributed by atoms with Gasteiger partial charge in [0.25, 0.3) is 0 Å². The molecule has 0 bridgehead atoms. The van der Waals surface area contributed by atoms with Gasteiger partial charge in [-0.2, -0.15) is 0 Å². The normalized spacial score (nSPS) is 15.5. The molecule has 31 heavy (non-hydrogen) atoms. The van der Waals surface area contributed by atoms with Gasteiger partial charge >= 0.3 is 6.03 Å². The molecule has 0 aliphatic carbocycles. The Morgan fingerprint density at radius 3 is 2.61 bits per heavy atom. The molecule has 1 atom stereocenters. The quantitative estimate of drug-likeness (QED) is 0.483. The van der Waals surface area contributed by atoms with E-state index in [-0.39, 0.29) is 12.1 Å². The number of amides is 2. The van der Waals surface area contributed by atoms with Crippen LogP contribution in [0.25, 0.3) is 5.57 Å². The van der Waals surface area contributed by atoms with Gasteiger partial charge in [0.05, 0.1) is 21.8 Å². The zero-order valence-electron chi connectivity index (χ0n) is 16.6. The SMILES string of the molecule is CCN1C=C(c2cccc(NC(=O)Nc3ccc(Cl)c(Cl)c3)c2)C(c2ccncn2)N1. The minimum atomic E-state index is -0.378. The Bertz CT molecular complexity index is 1120. The minimum absolute atomic E-state index is 0.108. The van der Waals surface area contributed by atoms with Crippen LogP contribution in [0.15, 0.2) is 67.3 Å². The van der Waals surface area contributed by atoms with E-state index in [4.69, 9.17) is 23.2 Å². The standard InChI is InChI=1S/C22H20Cl2N6O/c1-2-30-12-17(21(29-30)20-8-9-25-13-26-20)14-4-3-5-15(10-14)27-22(31)28-16-6-7-18(23)19(24)11-16/h3-13,21,29H,2H2,1H3,(H2,27,28,31). The number of anilines is 2. The van der Waals surface area contributed by atoms with Gasteiger partial charge in [-0.25, -0.2) is 20.2 Å². The lowest BCUT2D eigenvalue weighted by Gasteiger charge is -2.18. The maximum atomic E-state index is 12.4. The molecule has 1 unspecified atom stereocenters. The summed E-state index contributed by atoms with van der Waals surface area (Å²) in [6, 6.07) is 14.0. The average Bonchev–Trinajstić information content (AvgIpc) is 3.22. The fourth-order valence-electron chi connectivity index (χ4n) is 3.28. The molecule has 2 heterocycles. The number of benzene rings is 2. The molecule has 2 amide bonds. The van der Waals surface area contributed by atoms with E-state index in [1.54, 1.807) is 24.4 Å². The van der Waals surface area contributed by atoms with Crippen molar-refractivity contribution in [1.82, 2.24) is 20.4 Å². The third-order valence-corrected chi connectivity index (χ3v) is 5.51. The third-order valence-electron chi connectivity index (χ3n) is 4.77. The third kappa shape index (κ3) is 4.96. The van der Waals surface area contributed by atoms with Crippen LogP contribution >= 0.6 is 23.2 Å². The fourth-order valence-corrected chi connectivity index (χ4v) is 3.58. The highest BCUT2D eigenvalue weighted by molar-refractivity contribution is 6.42. The van der Waals surface area contributed by atoms with Crippen molar-refractivity contribution in [3.63, 3.8) is 0 Å². The lowest BCUT2D eigenvalue weighted by Crippen LogP contribution is -2.31. The number of urea groups is 1. The van der Waals surface area contributed by atoms with Gasteiger partial charge in [0.1, 0.15) is 6.33 Å². The summed E-state index contributed by atoms with van der Waals surface area (Å²) < 4.78 is 0. The summed E-state index contributed by atoms with van der Waals surface area (Å²) in [4.78, 5) is 20.8. The highest BCUT2D eigenvalue weighted by Gasteiger charge is 2.27. The topological polar surface area (TPSA) is 82.2 Å². The summed E-state index contributed by atoms with van der Waals surface area (Å²) in [7, 11) is 0. The number of carbonyl (C=O) groups is 1.